The van der Waals surface area contributed by atoms with Crippen molar-refractivity contribution in [2.24, 2.45) is 0 Å². The van der Waals surface area contributed by atoms with Crippen LogP contribution in [0.15, 0.2) is 24.3 Å². The Bertz CT molecular complexity index is 921. The van der Waals surface area contributed by atoms with Crippen LogP contribution in [-0.4, -0.2) is 86.9 Å². The zero-order valence-electron chi connectivity index (χ0n) is 26.3. The molecule has 4 rings (SSSR count). The van der Waals surface area contributed by atoms with Crippen LogP contribution in [0.3, 0.4) is 0 Å². The third kappa shape index (κ3) is 10.5. The molecule has 0 unspecified atom stereocenters. The molecular formula is C33H54N2O7. The maximum Gasteiger partial charge on any atom is 0.412 e. The van der Waals surface area contributed by atoms with E-state index in [2.05, 4.69) is 17.1 Å². The number of carbonyl (C=O) groups excluding carboxylic acids is 1. The fourth-order valence-electron chi connectivity index (χ4n) is 5.98. The number of aryl methyl sites for hydroxylation is 1. The molecule has 1 aromatic carbocycles. The van der Waals surface area contributed by atoms with Crippen LogP contribution in [0.2, 0.25) is 0 Å². The molecule has 0 saturated carbocycles. The van der Waals surface area contributed by atoms with Gasteiger partial charge in [-0.3, -0.25) is 10.2 Å². The van der Waals surface area contributed by atoms with Crippen LogP contribution in [0.5, 0.6) is 0 Å². The number of ether oxygens (including phenoxy) is 6. The minimum atomic E-state index is -0.774. The van der Waals surface area contributed by atoms with Crippen LogP contribution in [0, 0.1) is 6.92 Å². The lowest BCUT2D eigenvalue weighted by atomic mass is 10.0. The Balaban J connectivity index is 1.31. The van der Waals surface area contributed by atoms with Crippen LogP contribution in [0.25, 0.3) is 0 Å². The molecule has 9 heteroatoms. The van der Waals surface area contributed by atoms with Gasteiger partial charge in [0.25, 0.3) is 0 Å². The Kier molecular flexibility index (Phi) is 13.4. The van der Waals surface area contributed by atoms with E-state index in [9.17, 15) is 4.79 Å². The Hall–Kier alpha value is -1.75. The summed E-state index contributed by atoms with van der Waals surface area (Å²) < 4.78 is 36.9. The zero-order valence-corrected chi connectivity index (χ0v) is 26.3. The minimum Gasteiger partial charge on any atom is -0.442 e. The molecule has 0 aromatic heterocycles. The first-order valence-corrected chi connectivity index (χ1v) is 16.3. The van der Waals surface area contributed by atoms with E-state index < -0.39 is 36.5 Å². The monoisotopic (exact) mass is 590 g/mol. The second-order valence-electron chi connectivity index (χ2n) is 12.4. The lowest BCUT2D eigenvalue weighted by molar-refractivity contribution is -0.243. The average Bonchev–Trinajstić information content (AvgIpc) is 3.46. The lowest BCUT2D eigenvalue weighted by Gasteiger charge is -2.34. The molecule has 0 radical (unpaired) electrons. The van der Waals surface area contributed by atoms with Crippen LogP contribution in [0.4, 0.5) is 10.5 Å². The molecule has 3 saturated heterocycles. The highest BCUT2D eigenvalue weighted by Crippen LogP contribution is 2.41. The first-order chi connectivity index (χ1) is 20.3. The lowest BCUT2D eigenvalue weighted by Crippen LogP contribution is -2.50. The minimum absolute atomic E-state index is 0.385. The van der Waals surface area contributed by atoms with E-state index in [4.69, 9.17) is 28.4 Å². The highest BCUT2D eigenvalue weighted by atomic mass is 16.8. The third-order valence-corrected chi connectivity index (χ3v) is 8.29. The van der Waals surface area contributed by atoms with Crippen molar-refractivity contribution < 1.29 is 33.2 Å². The summed E-state index contributed by atoms with van der Waals surface area (Å²) in [6.45, 7) is 12.0. The van der Waals surface area contributed by atoms with Gasteiger partial charge in [-0.05, 0) is 39.3 Å². The van der Waals surface area contributed by atoms with Gasteiger partial charge >= 0.3 is 6.09 Å². The van der Waals surface area contributed by atoms with E-state index in [0.717, 1.165) is 31.5 Å². The molecule has 0 bridgehead atoms. The number of amides is 1. The van der Waals surface area contributed by atoms with Crippen LogP contribution in [0.1, 0.15) is 90.5 Å². The topological polar surface area (TPSA) is 87.7 Å². The summed E-state index contributed by atoms with van der Waals surface area (Å²) in [5.41, 5.74) is 1.80. The average molecular weight is 591 g/mol. The molecule has 238 valence electrons. The number of rotatable bonds is 17. The van der Waals surface area contributed by atoms with Gasteiger partial charge in [0.05, 0.1) is 13.2 Å². The number of nitrogens with one attached hydrogen (secondary N) is 1. The highest BCUT2D eigenvalue weighted by molar-refractivity contribution is 5.84. The van der Waals surface area contributed by atoms with Gasteiger partial charge in [0.1, 0.15) is 24.4 Å². The Morgan fingerprint density at radius 1 is 0.952 bits per heavy atom. The standard InChI is InChI=1S/C33H54N2O7/c1-5-6-7-8-9-10-11-12-13-14-21-38-31-30-29(41-33(3,4)42-30)28(40-31)27(24-35-19-22-37-23-20-35)39-32(36)34-26-17-15-25(2)16-18-26/h15-18,27-31H,5-14,19-24H2,1-4H3,(H,34,36)/t27-,28-,29+,30+,31+/m1/s1. The zero-order chi connectivity index (χ0) is 29.8. The van der Waals surface area contributed by atoms with Crippen molar-refractivity contribution in [3.05, 3.63) is 29.8 Å². The van der Waals surface area contributed by atoms with Crippen LogP contribution in [-0.2, 0) is 28.4 Å². The van der Waals surface area contributed by atoms with Crippen molar-refractivity contribution in [1.82, 2.24) is 4.90 Å². The maximum atomic E-state index is 13.1. The number of fused-ring (bicyclic) bond motifs is 1. The SMILES string of the molecule is CCCCCCCCCCCCO[C@H]1O[C@H]([C@@H](CN2CCOCC2)OC(=O)Nc2ccc(C)cc2)[C@@H]2OC(C)(C)O[C@H]12. The molecule has 0 aliphatic carbocycles. The van der Waals surface area contributed by atoms with E-state index in [-0.39, 0.29) is 6.10 Å². The van der Waals surface area contributed by atoms with Gasteiger partial charge in [-0.15, -0.1) is 0 Å². The fraction of sp³-hybridized carbons (Fsp3) is 0.788. The Morgan fingerprint density at radius 2 is 1.57 bits per heavy atom. The maximum absolute atomic E-state index is 13.1. The van der Waals surface area contributed by atoms with Crippen molar-refractivity contribution in [1.29, 1.82) is 0 Å². The molecule has 1 amide bonds. The molecule has 3 aliphatic heterocycles. The summed E-state index contributed by atoms with van der Waals surface area (Å²) in [4.78, 5) is 15.3. The van der Waals surface area contributed by atoms with Crippen LogP contribution < -0.4 is 5.32 Å². The van der Waals surface area contributed by atoms with Crippen molar-refractivity contribution in [3.8, 4) is 0 Å². The summed E-state index contributed by atoms with van der Waals surface area (Å²) in [6.07, 6.45) is 9.71. The fourth-order valence-corrected chi connectivity index (χ4v) is 5.98. The van der Waals surface area contributed by atoms with E-state index in [0.29, 0.717) is 32.1 Å². The predicted octanol–water partition coefficient (Wildman–Crippen LogP) is 6.43. The number of carbonyl (C=O) groups is 1. The predicted molar refractivity (Wildman–Crippen MR) is 163 cm³/mol. The molecule has 3 aliphatic rings. The second-order valence-corrected chi connectivity index (χ2v) is 12.4. The molecule has 5 atom stereocenters. The molecule has 1 N–H and O–H groups in total. The number of unbranched alkanes of at least 4 members (excludes halogenated alkanes) is 9. The van der Waals surface area contributed by atoms with Crippen molar-refractivity contribution in [3.63, 3.8) is 0 Å². The van der Waals surface area contributed by atoms with Gasteiger partial charge < -0.3 is 28.4 Å². The highest BCUT2D eigenvalue weighted by Gasteiger charge is 2.58. The van der Waals surface area contributed by atoms with Crippen molar-refractivity contribution >= 4 is 11.8 Å². The summed E-state index contributed by atoms with van der Waals surface area (Å²) >= 11 is 0. The summed E-state index contributed by atoms with van der Waals surface area (Å²) in [5.74, 6) is -0.774. The molecule has 42 heavy (non-hydrogen) atoms. The van der Waals surface area contributed by atoms with Gasteiger partial charge in [-0.2, -0.15) is 0 Å². The first kappa shape index (κ1) is 33.1. The van der Waals surface area contributed by atoms with Gasteiger partial charge in [-0.25, -0.2) is 4.79 Å². The number of morpholine rings is 1. The molecule has 0 spiro atoms. The van der Waals surface area contributed by atoms with Crippen LogP contribution >= 0.6 is 0 Å². The summed E-state index contributed by atoms with van der Waals surface area (Å²) in [5, 5.41) is 2.86. The summed E-state index contributed by atoms with van der Waals surface area (Å²) in [6, 6.07) is 7.63. The molecular weight excluding hydrogens is 536 g/mol. The van der Waals surface area contributed by atoms with Gasteiger partial charge in [0.15, 0.2) is 12.1 Å². The molecule has 3 fully saturated rings. The van der Waals surface area contributed by atoms with Crippen molar-refractivity contribution in [2.75, 3.05) is 44.8 Å². The quantitative estimate of drug-likeness (QED) is 0.208. The van der Waals surface area contributed by atoms with Gasteiger partial charge in [-0.1, -0.05) is 82.4 Å². The number of nitrogens with zero attached hydrogens (tertiary/aromatic N) is 1. The molecule has 1 aromatic rings. The van der Waals surface area contributed by atoms with Gasteiger partial charge in [0, 0.05) is 31.9 Å². The Morgan fingerprint density at radius 3 is 2.24 bits per heavy atom. The first-order valence-electron chi connectivity index (χ1n) is 16.3. The summed E-state index contributed by atoms with van der Waals surface area (Å²) in [7, 11) is 0. The molecule has 9 nitrogen and oxygen atoms in total. The van der Waals surface area contributed by atoms with E-state index >= 15 is 0 Å². The van der Waals surface area contributed by atoms with Gasteiger partial charge in [0.2, 0.25) is 0 Å². The Labute approximate surface area is 252 Å². The number of benzene rings is 1. The molecule has 3 heterocycles. The largest absolute Gasteiger partial charge is 0.442 e. The van der Waals surface area contributed by atoms with E-state index in [1.807, 2.05) is 45.0 Å². The van der Waals surface area contributed by atoms with Crippen molar-refractivity contribution in [2.45, 2.75) is 128 Å². The third-order valence-electron chi connectivity index (χ3n) is 8.29. The van der Waals surface area contributed by atoms with E-state index in [1.54, 1.807) is 0 Å². The number of hydrogen-bond acceptors (Lipinski definition) is 8. The number of anilines is 1. The number of hydrogen-bond donors (Lipinski definition) is 1. The normalized spacial score (nSPS) is 26.2. The smallest absolute Gasteiger partial charge is 0.412 e. The second kappa shape index (κ2) is 16.9. The van der Waals surface area contributed by atoms with E-state index in [1.165, 1.54) is 51.4 Å².